The maximum Gasteiger partial charge on any atom is 0.225 e. The van der Waals surface area contributed by atoms with Crippen LogP contribution in [0, 0.1) is 11.3 Å². The number of carbonyl (C=O) groups is 3. The molecule has 0 aromatic rings. The molecule has 2 fully saturated rings. The van der Waals surface area contributed by atoms with Gasteiger partial charge in [0.2, 0.25) is 11.8 Å². The highest BCUT2D eigenvalue weighted by molar-refractivity contribution is 5.85. The van der Waals surface area contributed by atoms with E-state index in [0.717, 1.165) is 12.8 Å². The minimum Gasteiger partial charge on any atom is -0.370 e. The van der Waals surface area contributed by atoms with Gasteiger partial charge in [0.15, 0.2) is 5.78 Å². The van der Waals surface area contributed by atoms with Crippen LogP contribution in [-0.4, -0.2) is 29.9 Å². The summed E-state index contributed by atoms with van der Waals surface area (Å²) >= 11 is 0. The summed E-state index contributed by atoms with van der Waals surface area (Å²) in [6, 6.07) is 0. The fourth-order valence-corrected chi connectivity index (χ4v) is 3.49. The number of Topliss-reactive ketones (excluding diaryl/α,β-unsaturated/α-hetero) is 1. The van der Waals surface area contributed by atoms with Gasteiger partial charge >= 0.3 is 0 Å². The first-order valence-electron chi connectivity index (χ1n) is 7.53. The van der Waals surface area contributed by atoms with Crippen molar-refractivity contribution in [3.8, 4) is 0 Å². The SMILES string of the molecule is CC[C@@]1(NC(=O)[C@H]2CC[C@](C)(CC(N)=O)C2)CC(=O)CO1. The molecule has 0 unspecified atom stereocenters. The van der Waals surface area contributed by atoms with Crippen molar-refractivity contribution >= 4 is 17.6 Å². The van der Waals surface area contributed by atoms with Crippen LogP contribution in [0.2, 0.25) is 0 Å². The van der Waals surface area contributed by atoms with Crippen LogP contribution in [-0.2, 0) is 19.1 Å². The molecule has 0 aromatic heterocycles. The predicted octanol–water partition coefficient (Wildman–Crippen LogP) is 0.880. The molecule has 0 radical (unpaired) electrons. The molecule has 21 heavy (non-hydrogen) atoms. The zero-order valence-electron chi connectivity index (χ0n) is 12.7. The summed E-state index contributed by atoms with van der Waals surface area (Å²) in [4.78, 5) is 35.0. The summed E-state index contributed by atoms with van der Waals surface area (Å²) in [5, 5.41) is 2.91. The summed E-state index contributed by atoms with van der Waals surface area (Å²) in [7, 11) is 0. The van der Waals surface area contributed by atoms with Crippen LogP contribution in [0.1, 0.15) is 52.4 Å². The molecule has 0 aromatic carbocycles. The minimum absolute atomic E-state index is 0.0159. The highest BCUT2D eigenvalue weighted by Gasteiger charge is 2.44. The van der Waals surface area contributed by atoms with Gasteiger partial charge in [0, 0.05) is 12.3 Å². The molecule has 3 atom stereocenters. The van der Waals surface area contributed by atoms with E-state index in [4.69, 9.17) is 10.5 Å². The lowest BCUT2D eigenvalue weighted by molar-refractivity contribution is -0.134. The molecule has 1 heterocycles. The Kier molecular flexibility index (Phi) is 4.37. The van der Waals surface area contributed by atoms with Gasteiger partial charge in [0.05, 0.1) is 6.42 Å². The molecule has 2 rings (SSSR count). The van der Waals surface area contributed by atoms with Crippen molar-refractivity contribution in [2.24, 2.45) is 17.1 Å². The largest absolute Gasteiger partial charge is 0.370 e. The average molecular weight is 296 g/mol. The van der Waals surface area contributed by atoms with E-state index >= 15 is 0 Å². The fraction of sp³-hybridized carbons (Fsp3) is 0.800. The lowest BCUT2D eigenvalue weighted by Crippen LogP contribution is -2.49. The second-order valence-electron chi connectivity index (χ2n) is 6.73. The molecule has 2 aliphatic rings. The Balaban J connectivity index is 1.96. The average Bonchev–Trinajstić information content (AvgIpc) is 2.93. The first-order chi connectivity index (χ1) is 9.77. The van der Waals surface area contributed by atoms with Gasteiger partial charge in [-0.05, 0) is 31.1 Å². The molecule has 6 nitrogen and oxygen atoms in total. The summed E-state index contributed by atoms with van der Waals surface area (Å²) in [5.74, 6) is -0.535. The number of hydrogen-bond donors (Lipinski definition) is 2. The number of nitrogens with one attached hydrogen (secondary N) is 1. The molecular weight excluding hydrogens is 272 g/mol. The molecule has 0 spiro atoms. The van der Waals surface area contributed by atoms with Gasteiger partial charge in [-0.2, -0.15) is 0 Å². The maximum atomic E-state index is 12.4. The molecule has 1 aliphatic heterocycles. The third-order valence-corrected chi connectivity index (χ3v) is 4.72. The van der Waals surface area contributed by atoms with E-state index in [1.54, 1.807) is 0 Å². The van der Waals surface area contributed by atoms with Crippen molar-refractivity contribution < 1.29 is 19.1 Å². The standard InChI is InChI=1S/C15H24N2O4/c1-3-15(7-11(18)9-21-15)17-13(20)10-4-5-14(2,6-10)8-12(16)19/h10H,3-9H2,1-2H3,(H2,16,19)(H,17,20)/t10-,14-,15-/m0/s1. The molecule has 1 aliphatic carbocycles. The first-order valence-corrected chi connectivity index (χ1v) is 7.53. The second-order valence-corrected chi connectivity index (χ2v) is 6.73. The molecule has 2 amide bonds. The fourth-order valence-electron chi connectivity index (χ4n) is 3.49. The van der Waals surface area contributed by atoms with Crippen molar-refractivity contribution in [3.05, 3.63) is 0 Å². The van der Waals surface area contributed by atoms with Crippen LogP contribution in [0.5, 0.6) is 0 Å². The Morgan fingerprint density at radius 3 is 2.71 bits per heavy atom. The molecule has 1 saturated heterocycles. The molecule has 118 valence electrons. The molecule has 6 heteroatoms. The molecular formula is C15H24N2O4. The third kappa shape index (κ3) is 3.61. The lowest BCUT2D eigenvalue weighted by atomic mass is 9.84. The number of amides is 2. The van der Waals surface area contributed by atoms with Crippen LogP contribution < -0.4 is 11.1 Å². The normalized spacial score (nSPS) is 35.9. The van der Waals surface area contributed by atoms with Crippen molar-refractivity contribution in [2.45, 2.75) is 58.1 Å². The van der Waals surface area contributed by atoms with Crippen LogP contribution in [0.15, 0.2) is 0 Å². The Hall–Kier alpha value is -1.43. The van der Waals surface area contributed by atoms with Gasteiger partial charge in [-0.25, -0.2) is 0 Å². The number of primary amides is 1. The highest BCUT2D eigenvalue weighted by Crippen LogP contribution is 2.44. The van der Waals surface area contributed by atoms with Crippen molar-refractivity contribution in [2.75, 3.05) is 6.61 Å². The van der Waals surface area contributed by atoms with Gasteiger partial charge in [-0.15, -0.1) is 0 Å². The van der Waals surface area contributed by atoms with Crippen LogP contribution in [0.4, 0.5) is 0 Å². The van der Waals surface area contributed by atoms with Crippen LogP contribution in [0.25, 0.3) is 0 Å². The van der Waals surface area contributed by atoms with E-state index in [9.17, 15) is 14.4 Å². The van der Waals surface area contributed by atoms with Gasteiger partial charge in [-0.1, -0.05) is 13.8 Å². The molecule has 0 bridgehead atoms. The third-order valence-electron chi connectivity index (χ3n) is 4.72. The monoisotopic (exact) mass is 296 g/mol. The van der Waals surface area contributed by atoms with Crippen LogP contribution >= 0.6 is 0 Å². The van der Waals surface area contributed by atoms with E-state index < -0.39 is 5.72 Å². The summed E-state index contributed by atoms with van der Waals surface area (Å²) in [6.07, 6.45) is 3.31. The van der Waals surface area contributed by atoms with Crippen LogP contribution in [0.3, 0.4) is 0 Å². The Labute approximate surface area is 124 Å². The van der Waals surface area contributed by atoms with E-state index in [2.05, 4.69) is 5.32 Å². The Morgan fingerprint density at radius 2 is 2.19 bits per heavy atom. The zero-order valence-corrected chi connectivity index (χ0v) is 12.7. The van der Waals surface area contributed by atoms with Gasteiger partial charge in [-0.3, -0.25) is 14.4 Å². The molecule has 1 saturated carbocycles. The van der Waals surface area contributed by atoms with E-state index in [-0.39, 0.29) is 42.0 Å². The number of carbonyl (C=O) groups excluding carboxylic acids is 3. The van der Waals surface area contributed by atoms with E-state index in [1.165, 1.54) is 0 Å². The maximum absolute atomic E-state index is 12.4. The second kappa shape index (κ2) is 5.75. The highest BCUT2D eigenvalue weighted by atomic mass is 16.5. The zero-order chi connectivity index (χ0) is 15.7. The van der Waals surface area contributed by atoms with Crippen molar-refractivity contribution in [1.82, 2.24) is 5.32 Å². The first kappa shape index (κ1) is 15.9. The van der Waals surface area contributed by atoms with Gasteiger partial charge in [0.25, 0.3) is 0 Å². The number of nitrogens with two attached hydrogens (primary N) is 1. The smallest absolute Gasteiger partial charge is 0.225 e. The number of ether oxygens (including phenoxy) is 1. The summed E-state index contributed by atoms with van der Waals surface area (Å²) in [6.45, 7) is 3.96. The van der Waals surface area contributed by atoms with Crippen molar-refractivity contribution in [1.29, 1.82) is 0 Å². The summed E-state index contributed by atoms with van der Waals surface area (Å²) in [5.41, 5.74) is 4.24. The Morgan fingerprint density at radius 1 is 1.48 bits per heavy atom. The summed E-state index contributed by atoms with van der Waals surface area (Å²) < 4.78 is 5.49. The lowest BCUT2D eigenvalue weighted by Gasteiger charge is -2.29. The quantitative estimate of drug-likeness (QED) is 0.786. The number of ketones is 1. The number of rotatable bonds is 5. The van der Waals surface area contributed by atoms with Gasteiger partial charge < -0.3 is 15.8 Å². The Bertz CT molecular complexity index is 465. The topological polar surface area (TPSA) is 98.5 Å². The predicted molar refractivity (Wildman–Crippen MR) is 76.0 cm³/mol. The van der Waals surface area contributed by atoms with Crippen molar-refractivity contribution in [3.63, 3.8) is 0 Å². The van der Waals surface area contributed by atoms with E-state index in [0.29, 0.717) is 19.3 Å². The molecule has 3 N–H and O–H groups in total. The number of hydrogen-bond acceptors (Lipinski definition) is 4. The van der Waals surface area contributed by atoms with Gasteiger partial charge in [0.1, 0.15) is 12.3 Å². The minimum atomic E-state index is -0.836. The van der Waals surface area contributed by atoms with E-state index in [1.807, 2.05) is 13.8 Å².